The van der Waals surface area contributed by atoms with Crippen molar-refractivity contribution in [3.8, 4) is 11.6 Å². The lowest BCUT2D eigenvalue weighted by Gasteiger charge is -2.08. The van der Waals surface area contributed by atoms with Gasteiger partial charge in [0.1, 0.15) is 17.4 Å². The van der Waals surface area contributed by atoms with E-state index in [1.54, 1.807) is 25.1 Å². The highest BCUT2D eigenvalue weighted by molar-refractivity contribution is 5.32. The number of rotatable bonds is 4. The summed E-state index contributed by atoms with van der Waals surface area (Å²) in [6.45, 7) is 3.96. The third-order valence-corrected chi connectivity index (χ3v) is 2.70. The number of nitrogens with zero attached hydrogens (tertiary/aromatic N) is 2. The molecule has 0 fully saturated rings. The van der Waals surface area contributed by atoms with E-state index in [4.69, 9.17) is 10.5 Å². The quantitative estimate of drug-likeness (QED) is 0.919. The van der Waals surface area contributed by atoms with Crippen LogP contribution in [-0.4, -0.2) is 9.97 Å². The third kappa shape index (κ3) is 3.26. The Hall–Kier alpha value is -2.01. The van der Waals surface area contributed by atoms with Crippen LogP contribution < -0.4 is 10.5 Å². The fraction of sp³-hybridized carbons (Fsp3) is 0.286. The second-order valence-electron chi connectivity index (χ2n) is 4.16. The van der Waals surface area contributed by atoms with Crippen molar-refractivity contribution in [2.24, 2.45) is 5.73 Å². The molecule has 19 heavy (non-hydrogen) atoms. The van der Waals surface area contributed by atoms with Gasteiger partial charge in [-0.2, -0.15) is 4.98 Å². The molecule has 0 unspecified atom stereocenters. The molecule has 0 spiro atoms. The van der Waals surface area contributed by atoms with E-state index in [9.17, 15) is 4.39 Å². The summed E-state index contributed by atoms with van der Waals surface area (Å²) < 4.78 is 19.1. The molecule has 5 heteroatoms. The van der Waals surface area contributed by atoms with Crippen LogP contribution in [0.1, 0.15) is 24.0 Å². The van der Waals surface area contributed by atoms with Gasteiger partial charge in [0.25, 0.3) is 0 Å². The Morgan fingerprint density at radius 1 is 1.26 bits per heavy atom. The molecular formula is C14H16FN3O. The van der Waals surface area contributed by atoms with E-state index >= 15 is 0 Å². The second kappa shape index (κ2) is 5.75. The van der Waals surface area contributed by atoms with Crippen molar-refractivity contribution in [3.05, 3.63) is 47.2 Å². The van der Waals surface area contributed by atoms with Crippen LogP contribution in [0.25, 0.3) is 0 Å². The Morgan fingerprint density at radius 3 is 2.68 bits per heavy atom. The van der Waals surface area contributed by atoms with E-state index in [0.717, 1.165) is 12.1 Å². The molecular weight excluding hydrogens is 245 g/mol. The predicted molar refractivity (Wildman–Crippen MR) is 70.5 cm³/mol. The fourth-order valence-corrected chi connectivity index (χ4v) is 1.71. The van der Waals surface area contributed by atoms with Crippen LogP contribution in [-0.2, 0) is 13.0 Å². The van der Waals surface area contributed by atoms with E-state index in [-0.39, 0.29) is 12.4 Å². The van der Waals surface area contributed by atoms with Crippen molar-refractivity contribution in [2.75, 3.05) is 0 Å². The third-order valence-electron chi connectivity index (χ3n) is 2.70. The molecule has 0 saturated heterocycles. The molecule has 0 amide bonds. The summed E-state index contributed by atoms with van der Waals surface area (Å²) in [5.74, 6) is 1.08. The molecule has 0 aliphatic heterocycles. The fourth-order valence-electron chi connectivity index (χ4n) is 1.71. The van der Waals surface area contributed by atoms with Crippen LogP contribution in [0.2, 0.25) is 0 Å². The summed E-state index contributed by atoms with van der Waals surface area (Å²) >= 11 is 0. The highest BCUT2D eigenvalue weighted by Crippen LogP contribution is 2.22. The Labute approximate surface area is 111 Å². The van der Waals surface area contributed by atoms with Gasteiger partial charge in [0.05, 0.1) is 0 Å². The molecule has 0 atom stereocenters. The Bertz CT molecular complexity index is 587. The Morgan fingerprint density at radius 2 is 2.05 bits per heavy atom. The van der Waals surface area contributed by atoms with Crippen molar-refractivity contribution in [1.82, 2.24) is 9.97 Å². The van der Waals surface area contributed by atoms with Gasteiger partial charge in [-0.15, -0.1) is 0 Å². The van der Waals surface area contributed by atoms with Gasteiger partial charge in [-0.05, 0) is 19.4 Å². The molecule has 100 valence electrons. The minimum atomic E-state index is -0.374. The zero-order chi connectivity index (χ0) is 13.8. The summed E-state index contributed by atoms with van der Waals surface area (Å²) in [6.07, 6.45) is 0.792. The number of halogens is 1. The van der Waals surface area contributed by atoms with E-state index in [0.29, 0.717) is 23.0 Å². The molecule has 2 rings (SSSR count). The van der Waals surface area contributed by atoms with Crippen molar-refractivity contribution < 1.29 is 9.13 Å². The smallest absolute Gasteiger partial charge is 0.222 e. The topological polar surface area (TPSA) is 61.0 Å². The molecule has 2 N–H and O–H groups in total. The molecule has 2 aromatic rings. The molecule has 4 nitrogen and oxygen atoms in total. The van der Waals surface area contributed by atoms with Gasteiger partial charge in [0, 0.05) is 29.9 Å². The molecule has 1 aromatic heterocycles. The first-order valence-corrected chi connectivity index (χ1v) is 6.13. The van der Waals surface area contributed by atoms with Gasteiger partial charge < -0.3 is 10.5 Å². The van der Waals surface area contributed by atoms with Gasteiger partial charge in [-0.25, -0.2) is 9.37 Å². The highest BCUT2D eigenvalue weighted by atomic mass is 19.1. The monoisotopic (exact) mass is 261 g/mol. The van der Waals surface area contributed by atoms with Crippen LogP contribution in [0.5, 0.6) is 11.6 Å². The molecule has 0 radical (unpaired) electrons. The number of hydrogen-bond donors (Lipinski definition) is 1. The van der Waals surface area contributed by atoms with E-state index in [1.165, 1.54) is 6.07 Å². The summed E-state index contributed by atoms with van der Waals surface area (Å²) in [5.41, 5.74) is 6.76. The Balaban J connectivity index is 2.25. The number of ether oxygens (including phenoxy) is 1. The SMILES string of the molecule is CCc1cc(Oc2ccc(CN)c(F)c2)nc(C)n1. The standard InChI is InChI=1S/C14H16FN3O/c1-3-11-6-14(18-9(2)17-11)19-12-5-4-10(8-16)13(15)7-12/h4-7H,3,8,16H2,1-2H3. The van der Waals surface area contributed by atoms with Crippen molar-refractivity contribution >= 4 is 0 Å². The first kappa shape index (κ1) is 13.4. The van der Waals surface area contributed by atoms with Gasteiger partial charge in [0.15, 0.2) is 0 Å². The minimum absolute atomic E-state index is 0.165. The summed E-state index contributed by atoms with van der Waals surface area (Å²) in [5, 5.41) is 0. The number of nitrogens with two attached hydrogens (primary N) is 1. The first-order valence-electron chi connectivity index (χ1n) is 6.13. The largest absolute Gasteiger partial charge is 0.439 e. The number of benzene rings is 1. The van der Waals surface area contributed by atoms with Crippen molar-refractivity contribution in [1.29, 1.82) is 0 Å². The normalized spacial score (nSPS) is 10.5. The van der Waals surface area contributed by atoms with Gasteiger partial charge >= 0.3 is 0 Å². The summed E-state index contributed by atoms with van der Waals surface area (Å²) in [4.78, 5) is 8.43. The maximum Gasteiger partial charge on any atom is 0.222 e. The zero-order valence-electron chi connectivity index (χ0n) is 11.0. The maximum atomic E-state index is 13.6. The van der Waals surface area contributed by atoms with Crippen LogP contribution in [0.4, 0.5) is 4.39 Å². The second-order valence-corrected chi connectivity index (χ2v) is 4.16. The first-order chi connectivity index (χ1) is 9.12. The molecule has 1 heterocycles. The maximum absolute atomic E-state index is 13.6. The van der Waals surface area contributed by atoms with Gasteiger partial charge in [0.2, 0.25) is 5.88 Å². The molecule has 0 bridgehead atoms. The molecule has 0 saturated carbocycles. The van der Waals surface area contributed by atoms with Gasteiger partial charge in [-0.3, -0.25) is 0 Å². The molecule has 0 aliphatic carbocycles. The summed E-state index contributed by atoms with van der Waals surface area (Å²) in [6, 6.07) is 6.35. The van der Waals surface area contributed by atoms with E-state index in [1.807, 2.05) is 6.92 Å². The van der Waals surface area contributed by atoms with Crippen LogP contribution in [0.3, 0.4) is 0 Å². The van der Waals surface area contributed by atoms with Crippen LogP contribution in [0, 0.1) is 12.7 Å². The predicted octanol–water partition coefficient (Wildman–Crippen LogP) is 2.74. The lowest BCUT2D eigenvalue weighted by atomic mass is 10.2. The number of aromatic nitrogens is 2. The Kier molecular flexibility index (Phi) is 4.06. The number of hydrogen-bond acceptors (Lipinski definition) is 4. The molecule has 0 aliphatic rings. The van der Waals surface area contributed by atoms with Gasteiger partial charge in [-0.1, -0.05) is 13.0 Å². The lowest BCUT2D eigenvalue weighted by Crippen LogP contribution is -2.00. The van der Waals surface area contributed by atoms with E-state index in [2.05, 4.69) is 9.97 Å². The zero-order valence-corrected chi connectivity index (χ0v) is 11.0. The minimum Gasteiger partial charge on any atom is -0.439 e. The lowest BCUT2D eigenvalue weighted by molar-refractivity contribution is 0.453. The average molecular weight is 261 g/mol. The van der Waals surface area contributed by atoms with Crippen LogP contribution >= 0.6 is 0 Å². The van der Waals surface area contributed by atoms with Crippen molar-refractivity contribution in [3.63, 3.8) is 0 Å². The molecule has 1 aromatic carbocycles. The van der Waals surface area contributed by atoms with E-state index < -0.39 is 0 Å². The average Bonchev–Trinajstić information content (AvgIpc) is 2.38. The highest BCUT2D eigenvalue weighted by Gasteiger charge is 2.06. The summed E-state index contributed by atoms with van der Waals surface area (Å²) in [7, 11) is 0. The number of aryl methyl sites for hydroxylation is 2. The van der Waals surface area contributed by atoms with Crippen molar-refractivity contribution in [2.45, 2.75) is 26.8 Å². The van der Waals surface area contributed by atoms with Crippen LogP contribution in [0.15, 0.2) is 24.3 Å².